The summed E-state index contributed by atoms with van der Waals surface area (Å²) in [4.78, 5) is 23.1. The van der Waals surface area contributed by atoms with Gasteiger partial charge in [-0.05, 0) is 35.7 Å². The fourth-order valence-electron chi connectivity index (χ4n) is 3.38. The van der Waals surface area contributed by atoms with E-state index in [-0.39, 0.29) is 23.2 Å². The molecular weight excluding hydrogens is 488 g/mol. The molecule has 4 rings (SSSR count). The maximum Gasteiger partial charge on any atom is 0.253 e. The average molecular weight is 513 g/mol. The van der Waals surface area contributed by atoms with Crippen LogP contribution in [0.25, 0.3) is 10.6 Å². The molecule has 1 saturated heterocycles. The molecule has 0 N–H and O–H groups in total. The van der Waals surface area contributed by atoms with Crippen molar-refractivity contribution in [1.29, 1.82) is 0 Å². The molecule has 0 bridgehead atoms. The number of hydrogen-bond donors (Lipinski definition) is 0. The summed E-state index contributed by atoms with van der Waals surface area (Å²) in [5, 5.41) is 5.24. The number of carbonyl (C=O) groups excluding carboxylic acids is 1. The molecule has 0 spiro atoms. The fourth-order valence-corrected chi connectivity index (χ4v) is 5.88. The lowest BCUT2D eigenvalue weighted by Gasteiger charge is -2.34. The van der Waals surface area contributed by atoms with Gasteiger partial charge in [-0.1, -0.05) is 6.07 Å². The molecule has 0 atom stereocenters. The number of nitrogens with zero attached hydrogens (tertiary/aromatic N) is 4. The van der Waals surface area contributed by atoms with Crippen molar-refractivity contribution in [3.05, 3.63) is 57.7 Å². The van der Waals surface area contributed by atoms with Crippen LogP contribution in [0.15, 0.2) is 52.1 Å². The van der Waals surface area contributed by atoms with Crippen molar-refractivity contribution in [3.8, 4) is 10.6 Å². The minimum Gasteiger partial charge on any atom is -0.336 e. The second-order valence-corrected chi connectivity index (χ2v) is 11.5. The Balaban J connectivity index is 0.00000289. The van der Waals surface area contributed by atoms with Gasteiger partial charge in [0, 0.05) is 51.2 Å². The first-order valence-corrected chi connectivity index (χ1v) is 13.1. The van der Waals surface area contributed by atoms with Gasteiger partial charge in [0.05, 0.1) is 22.0 Å². The third kappa shape index (κ3) is 5.38. The SMILES string of the molecule is CN(C)S(=O)(=O)c1ccc(C(=O)N2CCN(Cc3nc(-c4cccs4)cs3)CC2)cc1.Cl. The van der Waals surface area contributed by atoms with Crippen LogP contribution in [0.1, 0.15) is 15.4 Å². The number of thiazole rings is 1. The molecule has 11 heteroatoms. The molecule has 1 aliphatic rings. The van der Waals surface area contributed by atoms with Crippen LogP contribution in [0, 0.1) is 0 Å². The summed E-state index contributed by atoms with van der Waals surface area (Å²) < 4.78 is 25.5. The summed E-state index contributed by atoms with van der Waals surface area (Å²) in [5.74, 6) is -0.0670. The molecular formula is C21H25ClN4O3S3. The van der Waals surface area contributed by atoms with Crippen molar-refractivity contribution in [2.24, 2.45) is 0 Å². The summed E-state index contributed by atoms with van der Waals surface area (Å²) in [7, 11) is -0.519. The van der Waals surface area contributed by atoms with Crippen LogP contribution >= 0.6 is 35.1 Å². The number of aromatic nitrogens is 1. The molecule has 0 aliphatic carbocycles. The van der Waals surface area contributed by atoms with E-state index in [9.17, 15) is 13.2 Å². The van der Waals surface area contributed by atoms with E-state index >= 15 is 0 Å². The third-order valence-corrected chi connectivity index (χ3v) is 8.78. The monoisotopic (exact) mass is 512 g/mol. The van der Waals surface area contributed by atoms with Crippen LogP contribution in [-0.2, 0) is 16.6 Å². The van der Waals surface area contributed by atoms with Crippen LogP contribution in [-0.4, -0.2) is 73.7 Å². The predicted molar refractivity (Wildman–Crippen MR) is 131 cm³/mol. The van der Waals surface area contributed by atoms with Gasteiger partial charge in [0.25, 0.3) is 5.91 Å². The third-order valence-electron chi connectivity index (χ3n) is 5.22. The van der Waals surface area contributed by atoms with Crippen molar-refractivity contribution < 1.29 is 13.2 Å². The lowest BCUT2D eigenvalue weighted by atomic mass is 10.2. The zero-order valence-electron chi connectivity index (χ0n) is 17.8. The standard InChI is InChI=1S/C21H24N4O3S3.ClH/c1-23(2)31(27,28)17-7-5-16(6-8-17)21(26)25-11-9-24(10-12-25)14-20-22-18(15-30-20)19-4-3-13-29-19;/h3-8,13,15H,9-12,14H2,1-2H3;1H. The van der Waals surface area contributed by atoms with Gasteiger partial charge >= 0.3 is 0 Å². The van der Waals surface area contributed by atoms with Crippen LogP contribution in [0.3, 0.4) is 0 Å². The molecule has 1 aromatic carbocycles. The number of rotatable bonds is 6. The normalized spacial score (nSPS) is 15.0. The predicted octanol–water partition coefficient (Wildman–Crippen LogP) is 3.50. The second kappa shape index (κ2) is 10.4. The molecule has 32 heavy (non-hydrogen) atoms. The number of sulfonamides is 1. The van der Waals surface area contributed by atoms with E-state index in [1.54, 1.807) is 34.8 Å². The summed E-state index contributed by atoms with van der Waals surface area (Å²) in [6.07, 6.45) is 0. The number of halogens is 1. The first-order valence-electron chi connectivity index (χ1n) is 9.87. The van der Waals surface area contributed by atoms with Crippen LogP contribution < -0.4 is 0 Å². The zero-order valence-corrected chi connectivity index (χ0v) is 21.1. The van der Waals surface area contributed by atoms with Gasteiger partial charge in [-0.15, -0.1) is 35.1 Å². The Labute approximate surface area is 202 Å². The molecule has 7 nitrogen and oxygen atoms in total. The minimum atomic E-state index is -3.50. The highest BCUT2D eigenvalue weighted by molar-refractivity contribution is 7.89. The lowest BCUT2D eigenvalue weighted by molar-refractivity contribution is 0.0628. The molecule has 3 heterocycles. The quantitative estimate of drug-likeness (QED) is 0.505. The minimum absolute atomic E-state index is 0. The molecule has 0 saturated carbocycles. The van der Waals surface area contributed by atoms with Gasteiger partial charge in [-0.3, -0.25) is 9.69 Å². The molecule has 3 aromatic rings. The van der Waals surface area contributed by atoms with Crippen LogP contribution in [0.2, 0.25) is 0 Å². The zero-order chi connectivity index (χ0) is 22.0. The molecule has 1 amide bonds. The van der Waals surface area contributed by atoms with Gasteiger partial charge in [-0.25, -0.2) is 17.7 Å². The molecule has 2 aromatic heterocycles. The lowest BCUT2D eigenvalue weighted by Crippen LogP contribution is -2.48. The van der Waals surface area contributed by atoms with E-state index in [0.717, 1.165) is 34.6 Å². The van der Waals surface area contributed by atoms with Crippen molar-refractivity contribution in [2.45, 2.75) is 11.4 Å². The Hall–Kier alpha value is -1.82. The van der Waals surface area contributed by atoms with Gasteiger partial charge in [-0.2, -0.15) is 0 Å². The largest absolute Gasteiger partial charge is 0.336 e. The van der Waals surface area contributed by atoms with E-state index in [2.05, 4.69) is 21.7 Å². The summed E-state index contributed by atoms with van der Waals surface area (Å²) >= 11 is 3.36. The number of carbonyl (C=O) groups is 1. The first kappa shape index (κ1) is 24.8. The molecule has 1 fully saturated rings. The fraction of sp³-hybridized carbons (Fsp3) is 0.333. The molecule has 0 radical (unpaired) electrons. The highest BCUT2D eigenvalue weighted by atomic mass is 35.5. The topological polar surface area (TPSA) is 73.8 Å². The maximum atomic E-state index is 12.8. The van der Waals surface area contributed by atoms with E-state index in [0.29, 0.717) is 18.7 Å². The first-order chi connectivity index (χ1) is 14.8. The number of amides is 1. The Morgan fingerprint density at radius 3 is 2.34 bits per heavy atom. The smallest absolute Gasteiger partial charge is 0.253 e. The molecule has 0 unspecified atom stereocenters. The van der Waals surface area contributed by atoms with Crippen LogP contribution in [0.5, 0.6) is 0 Å². The van der Waals surface area contributed by atoms with E-state index < -0.39 is 10.0 Å². The van der Waals surface area contributed by atoms with Crippen molar-refractivity contribution in [2.75, 3.05) is 40.3 Å². The maximum absolute atomic E-state index is 12.8. The van der Waals surface area contributed by atoms with Crippen molar-refractivity contribution in [3.63, 3.8) is 0 Å². The summed E-state index contributed by atoms with van der Waals surface area (Å²) in [5.41, 5.74) is 1.54. The Bertz CT molecular complexity index is 1140. The van der Waals surface area contributed by atoms with Gasteiger partial charge in [0.2, 0.25) is 10.0 Å². The van der Waals surface area contributed by atoms with Gasteiger partial charge in [0.15, 0.2) is 0 Å². The summed E-state index contributed by atoms with van der Waals surface area (Å²) in [6, 6.07) is 10.3. The average Bonchev–Trinajstić information content (AvgIpc) is 3.46. The number of piperazine rings is 1. The highest BCUT2D eigenvalue weighted by Gasteiger charge is 2.24. The molecule has 1 aliphatic heterocycles. The Morgan fingerprint density at radius 2 is 1.75 bits per heavy atom. The van der Waals surface area contributed by atoms with Gasteiger partial charge in [0.1, 0.15) is 5.01 Å². The van der Waals surface area contributed by atoms with E-state index in [1.807, 2.05) is 11.0 Å². The Kier molecular flexibility index (Phi) is 8.07. The van der Waals surface area contributed by atoms with Crippen molar-refractivity contribution >= 4 is 51.0 Å². The number of hydrogen-bond acceptors (Lipinski definition) is 7. The number of benzene rings is 1. The van der Waals surface area contributed by atoms with Gasteiger partial charge < -0.3 is 4.90 Å². The summed E-state index contributed by atoms with van der Waals surface area (Å²) in [6.45, 7) is 3.63. The highest BCUT2D eigenvalue weighted by Crippen LogP contribution is 2.26. The Morgan fingerprint density at radius 1 is 1.06 bits per heavy atom. The molecule has 172 valence electrons. The number of thiophene rings is 1. The van der Waals surface area contributed by atoms with Crippen molar-refractivity contribution in [1.82, 2.24) is 19.1 Å². The van der Waals surface area contributed by atoms with Crippen LogP contribution in [0.4, 0.5) is 0 Å². The van der Waals surface area contributed by atoms with E-state index in [4.69, 9.17) is 4.98 Å². The van der Waals surface area contributed by atoms with E-state index in [1.165, 1.54) is 31.1 Å². The second-order valence-electron chi connectivity index (χ2n) is 7.48.